The molecule has 4 N–H and O–H groups in total. The van der Waals surface area contributed by atoms with E-state index in [0.717, 1.165) is 0 Å². The van der Waals surface area contributed by atoms with Crippen molar-refractivity contribution < 1.29 is 20.1 Å². The van der Waals surface area contributed by atoms with Crippen LogP contribution in [0.15, 0.2) is 48.9 Å². The lowest BCUT2D eigenvalue weighted by atomic mass is 9.92. The summed E-state index contributed by atoms with van der Waals surface area (Å²) in [7, 11) is 0. The monoisotopic (exact) mass is 443 g/mol. The zero-order valence-corrected chi connectivity index (χ0v) is 17.4. The number of carbonyl (C=O) groups excluding carboxylic acids is 1. The van der Waals surface area contributed by atoms with Crippen LogP contribution >= 0.6 is 11.6 Å². The molecule has 162 valence electrons. The summed E-state index contributed by atoms with van der Waals surface area (Å²) >= 11 is 5.91. The van der Waals surface area contributed by atoms with Gasteiger partial charge in [0.15, 0.2) is 5.65 Å². The number of benzene rings is 1. The maximum absolute atomic E-state index is 12.0. The zero-order valence-electron chi connectivity index (χ0n) is 16.7. The van der Waals surface area contributed by atoms with Crippen LogP contribution in [0.25, 0.3) is 11.0 Å². The molecule has 2 aromatic heterocycles. The van der Waals surface area contributed by atoms with Gasteiger partial charge in [-0.15, -0.1) is 0 Å². The highest BCUT2D eigenvalue weighted by Crippen LogP contribution is 2.43. The number of rotatable bonds is 5. The Labute approximate surface area is 183 Å². The predicted molar refractivity (Wildman–Crippen MR) is 114 cm³/mol. The fourth-order valence-electron chi connectivity index (χ4n) is 3.92. The summed E-state index contributed by atoms with van der Waals surface area (Å²) in [5.41, 5.74) is 1.32. The molecule has 0 bridgehead atoms. The third-order valence-electron chi connectivity index (χ3n) is 5.64. The van der Waals surface area contributed by atoms with Crippen molar-refractivity contribution in [3.8, 4) is 0 Å². The van der Waals surface area contributed by atoms with Gasteiger partial charge in [0.2, 0.25) is 0 Å². The maximum atomic E-state index is 12.0. The predicted octanol–water partition coefficient (Wildman–Crippen LogP) is 2.01. The van der Waals surface area contributed by atoms with Crippen LogP contribution in [0.4, 0.5) is 5.82 Å². The summed E-state index contributed by atoms with van der Waals surface area (Å²) in [4.78, 5) is 20.3. The first-order chi connectivity index (χ1) is 14.8. The molecule has 1 saturated carbocycles. The number of nitrogens with zero attached hydrogens (tertiary/aromatic N) is 4. The van der Waals surface area contributed by atoms with Gasteiger partial charge >= 0.3 is 0 Å². The fourth-order valence-corrected chi connectivity index (χ4v) is 4.05. The minimum atomic E-state index is -1.17. The molecule has 4 rings (SSSR count). The number of hydrogen-bond donors (Lipinski definition) is 4. The lowest BCUT2D eigenvalue weighted by Gasteiger charge is -2.22. The topological polar surface area (TPSA) is 133 Å². The van der Waals surface area contributed by atoms with E-state index >= 15 is 0 Å². The average molecular weight is 444 g/mol. The molecule has 0 saturated heterocycles. The SMILES string of the molecule is C=C(C)C(=O)Nc1ncnc2c1cnn2[C@@H]1C[C@H](C(O)c2ccc(Cl)cc2)[C@@H](O)[C@H]1O. The second kappa shape index (κ2) is 8.35. The highest BCUT2D eigenvalue weighted by atomic mass is 35.5. The first kappa shape index (κ1) is 21.4. The van der Waals surface area contributed by atoms with Gasteiger partial charge in [0.1, 0.15) is 18.2 Å². The van der Waals surface area contributed by atoms with Crippen LogP contribution < -0.4 is 5.32 Å². The van der Waals surface area contributed by atoms with Gasteiger partial charge in [0, 0.05) is 16.5 Å². The highest BCUT2D eigenvalue weighted by molar-refractivity contribution is 6.30. The summed E-state index contributed by atoms with van der Waals surface area (Å²) in [5.74, 6) is -0.727. The number of aliphatic hydroxyl groups is 3. The molecule has 0 radical (unpaired) electrons. The molecule has 1 amide bonds. The van der Waals surface area contributed by atoms with E-state index in [1.54, 1.807) is 31.2 Å². The van der Waals surface area contributed by atoms with Crippen molar-refractivity contribution in [1.29, 1.82) is 0 Å². The zero-order chi connectivity index (χ0) is 22.3. The van der Waals surface area contributed by atoms with Gasteiger partial charge in [-0.25, -0.2) is 14.6 Å². The van der Waals surface area contributed by atoms with Crippen molar-refractivity contribution in [2.45, 2.75) is 37.7 Å². The lowest BCUT2D eigenvalue weighted by molar-refractivity contribution is -0.112. The maximum Gasteiger partial charge on any atom is 0.251 e. The van der Waals surface area contributed by atoms with Crippen LogP contribution in [0.2, 0.25) is 5.02 Å². The summed E-state index contributed by atoms with van der Waals surface area (Å²) < 4.78 is 1.50. The molecule has 2 heterocycles. The highest BCUT2D eigenvalue weighted by Gasteiger charge is 2.46. The van der Waals surface area contributed by atoms with Crippen LogP contribution in [0.5, 0.6) is 0 Å². The molecule has 1 aliphatic rings. The third kappa shape index (κ3) is 3.92. The van der Waals surface area contributed by atoms with Gasteiger partial charge in [0.05, 0.1) is 29.8 Å². The van der Waals surface area contributed by atoms with Crippen LogP contribution in [-0.2, 0) is 4.79 Å². The van der Waals surface area contributed by atoms with Crippen molar-refractivity contribution in [1.82, 2.24) is 19.7 Å². The van der Waals surface area contributed by atoms with Crippen molar-refractivity contribution in [2.75, 3.05) is 5.32 Å². The van der Waals surface area contributed by atoms with Gasteiger partial charge in [-0.3, -0.25) is 4.79 Å². The number of nitrogens with one attached hydrogen (secondary N) is 1. The largest absolute Gasteiger partial charge is 0.390 e. The van der Waals surface area contributed by atoms with Gasteiger partial charge < -0.3 is 20.6 Å². The molecule has 31 heavy (non-hydrogen) atoms. The number of carbonyl (C=O) groups is 1. The number of aromatic nitrogens is 4. The van der Waals surface area contributed by atoms with Gasteiger partial charge in [-0.2, -0.15) is 5.10 Å². The molecule has 9 nitrogen and oxygen atoms in total. The normalized spacial score (nSPS) is 24.3. The molecule has 1 fully saturated rings. The number of amides is 1. The number of fused-ring (bicyclic) bond motifs is 1. The number of aliphatic hydroxyl groups excluding tert-OH is 3. The van der Waals surface area contributed by atoms with Gasteiger partial charge in [-0.1, -0.05) is 30.3 Å². The van der Waals surface area contributed by atoms with Crippen molar-refractivity contribution in [2.24, 2.45) is 5.92 Å². The van der Waals surface area contributed by atoms with E-state index in [2.05, 4.69) is 27.0 Å². The van der Waals surface area contributed by atoms with E-state index in [4.69, 9.17) is 11.6 Å². The lowest BCUT2D eigenvalue weighted by Crippen LogP contribution is -2.31. The molecule has 0 aliphatic heterocycles. The Hall–Kier alpha value is -2.85. The van der Waals surface area contributed by atoms with E-state index in [1.807, 2.05) is 0 Å². The molecule has 1 aliphatic carbocycles. The van der Waals surface area contributed by atoms with Crippen molar-refractivity contribution >= 4 is 34.4 Å². The van der Waals surface area contributed by atoms with Gasteiger partial charge in [0.25, 0.3) is 5.91 Å². The molecular weight excluding hydrogens is 422 g/mol. The van der Waals surface area contributed by atoms with E-state index in [-0.39, 0.29) is 18.1 Å². The standard InChI is InChI=1S/C21H22ClN5O4/c1-10(2)21(31)26-19-14-8-25-27(20(14)24-9-23-19)15-7-13(17(29)18(15)30)16(28)11-3-5-12(22)6-4-11/h3-6,8-9,13,15-18,28-30H,1,7H2,2H3,(H,23,24,26,31)/t13-,15-,16?,17-,18+/m1/s1. The molecular formula is C21H22ClN5O4. The minimum absolute atomic E-state index is 0.264. The molecule has 1 unspecified atom stereocenters. The Morgan fingerprint density at radius 3 is 2.65 bits per heavy atom. The summed E-state index contributed by atoms with van der Waals surface area (Å²) in [6.07, 6.45) is -0.287. The Morgan fingerprint density at radius 1 is 1.26 bits per heavy atom. The minimum Gasteiger partial charge on any atom is -0.390 e. The van der Waals surface area contributed by atoms with Crippen molar-refractivity contribution in [3.05, 3.63) is 59.5 Å². The second-order valence-electron chi connectivity index (χ2n) is 7.73. The third-order valence-corrected chi connectivity index (χ3v) is 5.89. The Balaban J connectivity index is 1.63. The Bertz CT molecular complexity index is 1130. The number of halogens is 1. The molecule has 10 heteroatoms. The summed E-state index contributed by atoms with van der Waals surface area (Å²) in [5, 5.41) is 40.2. The first-order valence-electron chi connectivity index (χ1n) is 9.72. The van der Waals surface area contributed by atoms with Crippen molar-refractivity contribution in [3.63, 3.8) is 0 Å². The quantitative estimate of drug-likeness (QED) is 0.443. The molecule has 0 spiro atoms. The van der Waals surface area contributed by atoms with E-state index in [9.17, 15) is 20.1 Å². The number of hydrogen-bond acceptors (Lipinski definition) is 7. The summed E-state index contributed by atoms with van der Waals surface area (Å²) in [6.45, 7) is 5.19. The van der Waals surface area contributed by atoms with Crippen LogP contribution in [0.1, 0.15) is 31.1 Å². The first-order valence-corrected chi connectivity index (χ1v) is 10.1. The van der Waals surface area contributed by atoms with Crippen LogP contribution in [-0.4, -0.2) is 53.2 Å². The van der Waals surface area contributed by atoms with Crippen LogP contribution in [0.3, 0.4) is 0 Å². The Morgan fingerprint density at radius 2 is 1.97 bits per heavy atom. The van der Waals surface area contributed by atoms with Gasteiger partial charge in [-0.05, 0) is 31.0 Å². The average Bonchev–Trinajstić information content (AvgIpc) is 3.30. The molecule has 1 aromatic carbocycles. The smallest absolute Gasteiger partial charge is 0.251 e. The fraction of sp³-hybridized carbons (Fsp3) is 0.333. The number of anilines is 1. The Kier molecular flexibility index (Phi) is 5.76. The summed E-state index contributed by atoms with van der Waals surface area (Å²) in [6, 6.07) is 6.07. The van der Waals surface area contributed by atoms with E-state index < -0.39 is 30.3 Å². The second-order valence-corrected chi connectivity index (χ2v) is 8.16. The van der Waals surface area contributed by atoms with Crippen LogP contribution in [0, 0.1) is 5.92 Å². The van der Waals surface area contributed by atoms with E-state index in [0.29, 0.717) is 27.2 Å². The molecule has 5 atom stereocenters. The van der Waals surface area contributed by atoms with E-state index in [1.165, 1.54) is 17.2 Å². The molecule has 3 aromatic rings.